The van der Waals surface area contributed by atoms with E-state index in [4.69, 9.17) is 4.42 Å². The molecule has 0 aliphatic carbocycles. The molecule has 1 fully saturated rings. The second kappa shape index (κ2) is 7.81. The number of para-hydroxylation sites is 1. The van der Waals surface area contributed by atoms with Crippen molar-refractivity contribution in [3.05, 3.63) is 64.6 Å². The van der Waals surface area contributed by atoms with E-state index in [2.05, 4.69) is 0 Å². The van der Waals surface area contributed by atoms with E-state index in [-0.39, 0.29) is 19.6 Å². The van der Waals surface area contributed by atoms with Gasteiger partial charge in [-0.1, -0.05) is 24.3 Å². The predicted octanol–water partition coefficient (Wildman–Crippen LogP) is 2.92. The normalized spacial score (nSPS) is 19.4. The van der Waals surface area contributed by atoms with Crippen molar-refractivity contribution in [1.29, 1.82) is 0 Å². The molecule has 6 nitrogen and oxygen atoms in total. The van der Waals surface area contributed by atoms with Crippen LogP contribution < -0.4 is 10.7 Å². The topological polar surface area (TPSA) is 61.9 Å². The monoisotopic (exact) mass is 421 g/mol. The summed E-state index contributed by atoms with van der Waals surface area (Å²) in [7, 11) is 1.58. The van der Waals surface area contributed by atoms with Gasteiger partial charge in [0, 0.05) is 38.9 Å². The molecule has 30 heavy (non-hydrogen) atoms. The van der Waals surface area contributed by atoms with Gasteiger partial charge in [0.15, 0.2) is 5.58 Å². The first kappa shape index (κ1) is 20.5. The summed E-state index contributed by atoms with van der Waals surface area (Å²) in [4.78, 5) is 14.6. The molecule has 1 aliphatic rings. The number of rotatable bonds is 4. The third-order valence-electron chi connectivity index (χ3n) is 5.56. The summed E-state index contributed by atoms with van der Waals surface area (Å²) in [6, 6.07) is 11.8. The van der Waals surface area contributed by atoms with Crippen LogP contribution in [0.25, 0.3) is 11.1 Å². The molecule has 2 atom stereocenters. The molecule has 2 unspecified atom stereocenters. The third kappa shape index (κ3) is 3.95. The lowest BCUT2D eigenvalue weighted by molar-refractivity contribution is -0.157. The van der Waals surface area contributed by atoms with E-state index in [1.807, 2.05) is 0 Å². The van der Waals surface area contributed by atoms with Gasteiger partial charge in [0.1, 0.15) is 6.04 Å². The molecule has 1 aromatic heterocycles. The zero-order valence-corrected chi connectivity index (χ0v) is 16.3. The average molecular weight is 421 g/mol. The highest BCUT2D eigenvalue weighted by molar-refractivity contribution is 5.73. The van der Waals surface area contributed by atoms with Crippen LogP contribution in [0.3, 0.4) is 0 Å². The molecule has 0 saturated carbocycles. The predicted molar refractivity (Wildman–Crippen MR) is 106 cm³/mol. The molecular formula is C21H22F3N3O3. The molecule has 0 radical (unpaired) electrons. The summed E-state index contributed by atoms with van der Waals surface area (Å²) in [5, 5.41) is 10.6. The van der Waals surface area contributed by atoms with E-state index in [9.17, 15) is 23.1 Å². The number of anilines is 1. The molecule has 1 aliphatic heterocycles. The van der Waals surface area contributed by atoms with E-state index >= 15 is 0 Å². The van der Waals surface area contributed by atoms with Crippen molar-refractivity contribution in [2.45, 2.75) is 18.3 Å². The third-order valence-corrected chi connectivity index (χ3v) is 5.56. The average Bonchev–Trinajstić information content (AvgIpc) is 3.01. The number of hydrogen-bond donors (Lipinski definition) is 1. The molecule has 0 amide bonds. The standard InChI is InChI=1S/C21H22F3N3O3/c1-25-16-8-7-14(11-18(16)30-20(25)29)17(28)12-26-9-10-27(15-5-3-2-4-6-15)19(13-26)21(22,23)24/h2-8,11,17,19,28H,9-10,12-13H2,1H3. The van der Waals surface area contributed by atoms with Crippen LogP contribution in [0.15, 0.2) is 57.7 Å². The van der Waals surface area contributed by atoms with E-state index < -0.39 is 24.1 Å². The molecule has 2 heterocycles. The number of aromatic nitrogens is 1. The van der Waals surface area contributed by atoms with Crippen LogP contribution in [0.1, 0.15) is 11.7 Å². The number of aliphatic hydroxyl groups is 1. The molecular weight excluding hydrogens is 399 g/mol. The van der Waals surface area contributed by atoms with Gasteiger partial charge in [0.05, 0.1) is 11.6 Å². The molecule has 4 rings (SSSR count). The maximum atomic E-state index is 13.8. The highest BCUT2D eigenvalue weighted by atomic mass is 19.4. The summed E-state index contributed by atoms with van der Waals surface area (Å²) in [6.45, 7) is 0.407. The summed E-state index contributed by atoms with van der Waals surface area (Å²) in [5.74, 6) is -0.512. The fourth-order valence-electron chi connectivity index (χ4n) is 3.92. The van der Waals surface area contributed by atoms with E-state index in [1.165, 1.54) is 9.47 Å². The number of hydrogen-bond acceptors (Lipinski definition) is 5. The van der Waals surface area contributed by atoms with Crippen LogP contribution in [0.4, 0.5) is 18.9 Å². The van der Waals surface area contributed by atoms with Crippen molar-refractivity contribution in [2.24, 2.45) is 7.05 Å². The Morgan fingerprint density at radius 2 is 1.90 bits per heavy atom. The van der Waals surface area contributed by atoms with Gasteiger partial charge in [-0.05, 0) is 29.8 Å². The first-order valence-electron chi connectivity index (χ1n) is 9.62. The van der Waals surface area contributed by atoms with Crippen molar-refractivity contribution < 1.29 is 22.7 Å². The number of halogens is 3. The molecule has 1 saturated heterocycles. The van der Waals surface area contributed by atoms with Crippen LogP contribution in [0, 0.1) is 0 Å². The molecule has 2 aromatic carbocycles. The van der Waals surface area contributed by atoms with Crippen molar-refractivity contribution >= 4 is 16.8 Å². The number of β-amino-alcohol motifs (C(OH)–C–C–N with tert-alkyl or cyclic N) is 1. The lowest BCUT2D eigenvalue weighted by atomic mass is 10.1. The van der Waals surface area contributed by atoms with Gasteiger partial charge < -0.3 is 14.4 Å². The second-order valence-electron chi connectivity index (χ2n) is 7.52. The number of aryl methyl sites for hydroxylation is 1. The maximum Gasteiger partial charge on any atom is 0.419 e. The number of nitrogens with zero attached hydrogens (tertiary/aromatic N) is 3. The molecule has 3 aromatic rings. The fraction of sp³-hybridized carbons (Fsp3) is 0.381. The summed E-state index contributed by atoms with van der Waals surface area (Å²) >= 11 is 0. The van der Waals surface area contributed by atoms with Crippen LogP contribution in [-0.4, -0.2) is 53.0 Å². The van der Waals surface area contributed by atoms with Crippen LogP contribution in [-0.2, 0) is 7.05 Å². The first-order valence-corrected chi connectivity index (χ1v) is 9.62. The number of piperazine rings is 1. The number of benzene rings is 2. The van der Waals surface area contributed by atoms with Crippen molar-refractivity contribution in [3.63, 3.8) is 0 Å². The van der Waals surface area contributed by atoms with Gasteiger partial charge in [-0.3, -0.25) is 9.47 Å². The smallest absolute Gasteiger partial charge is 0.408 e. The molecule has 160 valence electrons. The van der Waals surface area contributed by atoms with Crippen molar-refractivity contribution in [2.75, 3.05) is 31.1 Å². The number of fused-ring (bicyclic) bond motifs is 1. The number of oxazole rings is 1. The Kier molecular flexibility index (Phi) is 5.33. The Morgan fingerprint density at radius 3 is 2.60 bits per heavy atom. The Balaban J connectivity index is 1.50. The quantitative estimate of drug-likeness (QED) is 0.702. The highest BCUT2D eigenvalue weighted by Gasteiger charge is 2.46. The minimum atomic E-state index is -4.40. The Hall–Kier alpha value is -2.78. The van der Waals surface area contributed by atoms with Crippen LogP contribution in [0.2, 0.25) is 0 Å². The van der Waals surface area contributed by atoms with Crippen molar-refractivity contribution in [3.8, 4) is 0 Å². The number of alkyl halides is 3. The maximum absolute atomic E-state index is 13.8. The summed E-state index contributed by atoms with van der Waals surface area (Å²) < 4.78 is 47.7. The molecule has 9 heteroatoms. The van der Waals surface area contributed by atoms with Gasteiger partial charge in [-0.2, -0.15) is 13.2 Å². The van der Waals surface area contributed by atoms with E-state index in [1.54, 1.807) is 60.5 Å². The van der Waals surface area contributed by atoms with Gasteiger partial charge in [-0.15, -0.1) is 0 Å². The minimum absolute atomic E-state index is 0.0534. The Labute approximate surface area is 170 Å². The second-order valence-corrected chi connectivity index (χ2v) is 7.52. The molecule has 0 bridgehead atoms. The SMILES string of the molecule is Cn1c(=O)oc2cc(C(O)CN3CCN(c4ccccc4)C(C(F)(F)F)C3)ccc21. The Morgan fingerprint density at radius 1 is 1.17 bits per heavy atom. The number of aliphatic hydroxyl groups excluding tert-OH is 1. The van der Waals surface area contributed by atoms with Gasteiger partial charge in [-0.25, -0.2) is 4.79 Å². The largest absolute Gasteiger partial charge is 0.419 e. The molecule has 0 spiro atoms. The van der Waals surface area contributed by atoms with Crippen LogP contribution >= 0.6 is 0 Å². The Bertz CT molecular complexity index is 1080. The van der Waals surface area contributed by atoms with E-state index in [0.29, 0.717) is 28.9 Å². The van der Waals surface area contributed by atoms with Gasteiger partial charge >= 0.3 is 11.9 Å². The fourth-order valence-corrected chi connectivity index (χ4v) is 3.92. The van der Waals surface area contributed by atoms with Gasteiger partial charge in [0.25, 0.3) is 0 Å². The highest BCUT2D eigenvalue weighted by Crippen LogP contribution is 2.32. The molecule has 1 N–H and O–H groups in total. The summed E-state index contributed by atoms with van der Waals surface area (Å²) in [6.07, 6.45) is -5.40. The zero-order chi connectivity index (χ0) is 21.5. The van der Waals surface area contributed by atoms with Crippen molar-refractivity contribution in [1.82, 2.24) is 9.47 Å². The lowest BCUT2D eigenvalue weighted by Crippen LogP contribution is -2.59. The van der Waals surface area contributed by atoms with Gasteiger partial charge in [0.2, 0.25) is 0 Å². The lowest BCUT2D eigenvalue weighted by Gasteiger charge is -2.43. The van der Waals surface area contributed by atoms with E-state index in [0.717, 1.165) is 0 Å². The zero-order valence-electron chi connectivity index (χ0n) is 16.3. The minimum Gasteiger partial charge on any atom is -0.408 e. The summed E-state index contributed by atoms with van der Waals surface area (Å²) in [5.41, 5.74) is 1.95. The van der Waals surface area contributed by atoms with Crippen LogP contribution in [0.5, 0.6) is 0 Å². The first-order chi connectivity index (χ1) is 14.2.